The standard InChI is InChI=1S/C24H32N2/c1-2-25-16-9-8-12-22(25)15-17-26(23-13-4-3-5-14-23)24-18-20-10-6-7-11-21(20)19-24/h3-7,10-11,13-14,22,24H,2,8-9,12,15-19H2,1H3/t22-/m0/s1. The van der Waals surface area contributed by atoms with Crippen molar-refractivity contribution < 1.29 is 0 Å². The van der Waals surface area contributed by atoms with Gasteiger partial charge in [0.25, 0.3) is 0 Å². The molecule has 0 unspecified atom stereocenters. The second-order valence-corrected chi connectivity index (χ2v) is 7.93. The van der Waals surface area contributed by atoms with Crippen LogP contribution in [0.15, 0.2) is 54.6 Å². The van der Waals surface area contributed by atoms with Crippen LogP contribution in [-0.2, 0) is 12.8 Å². The highest BCUT2D eigenvalue weighted by Crippen LogP contribution is 2.30. The molecule has 4 rings (SSSR count). The first-order valence-electron chi connectivity index (χ1n) is 10.5. The van der Waals surface area contributed by atoms with Gasteiger partial charge in [-0.1, -0.05) is 55.8 Å². The maximum absolute atomic E-state index is 2.70. The van der Waals surface area contributed by atoms with Crippen LogP contribution in [0.2, 0.25) is 0 Å². The van der Waals surface area contributed by atoms with Crippen LogP contribution in [0, 0.1) is 0 Å². The summed E-state index contributed by atoms with van der Waals surface area (Å²) < 4.78 is 0. The van der Waals surface area contributed by atoms with E-state index in [0.717, 1.165) is 6.04 Å². The first-order chi connectivity index (χ1) is 12.8. The minimum absolute atomic E-state index is 0.605. The van der Waals surface area contributed by atoms with Crippen molar-refractivity contribution in [2.24, 2.45) is 0 Å². The lowest BCUT2D eigenvalue weighted by molar-refractivity contribution is 0.149. The SMILES string of the molecule is CCN1CCCC[C@H]1CCN(c1ccccc1)C1Cc2ccccc2C1. The summed E-state index contributed by atoms with van der Waals surface area (Å²) in [5.41, 5.74) is 4.49. The van der Waals surface area contributed by atoms with Crippen LogP contribution in [-0.4, -0.2) is 36.6 Å². The molecule has 1 saturated heterocycles. The van der Waals surface area contributed by atoms with Gasteiger partial charge in [-0.3, -0.25) is 0 Å². The Hall–Kier alpha value is -1.80. The molecule has 0 saturated carbocycles. The van der Waals surface area contributed by atoms with E-state index in [9.17, 15) is 0 Å². The Balaban J connectivity index is 1.49. The molecule has 0 spiro atoms. The average Bonchev–Trinajstić information content (AvgIpc) is 3.13. The second-order valence-electron chi connectivity index (χ2n) is 7.93. The number of likely N-dealkylation sites (tertiary alicyclic amines) is 1. The van der Waals surface area contributed by atoms with Gasteiger partial charge in [0.2, 0.25) is 0 Å². The number of hydrogen-bond donors (Lipinski definition) is 0. The third-order valence-corrected chi connectivity index (χ3v) is 6.42. The van der Waals surface area contributed by atoms with Gasteiger partial charge in [-0.25, -0.2) is 0 Å². The Kier molecular flexibility index (Phi) is 5.59. The summed E-state index contributed by atoms with van der Waals surface area (Å²) in [5.74, 6) is 0. The van der Waals surface area contributed by atoms with Crippen LogP contribution in [0.3, 0.4) is 0 Å². The van der Waals surface area contributed by atoms with Gasteiger partial charge in [-0.05, 0) is 68.5 Å². The molecule has 0 amide bonds. The molecule has 26 heavy (non-hydrogen) atoms. The predicted molar refractivity (Wildman–Crippen MR) is 111 cm³/mol. The molecule has 0 N–H and O–H groups in total. The van der Waals surface area contributed by atoms with Crippen molar-refractivity contribution in [3.8, 4) is 0 Å². The van der Waals surface area contributed by atoms with Crippen LogP contribution in [0.4, 0.5) is 5.69 Å². The molecule has 0 radical (unpaired) electrons. The second kappa shape index (κ2) is 8.26. The lowest BCUT2D eigenvalue weighted by atomic mass is 9.98. The predicted octanol–water partition coefficient (Wildman–Crippen LogP) is 4.92. The Bertz CT molecular complexity index is 671. The van der Waals surface area contributed by atoms with Crippen LogP contribution in [0.5, 0.6) is 0 Å². The van der Waals surface area contributed by atoms with Gasteiger partial charge in [0.05, 0.1) is 0 Å². The van der Waals surface area contributed by atoms with Gasteiger partial charge >= 0.3 is 0 Å². The molecule has 1 fully saturated rings. The van der Waals surface area contributed by atoms with Crippen molar-refractivity contribution in [2.75, 3.05) is 24.5 Å². The number of anilines is 1. The van der Waals surface area contributed by atoms with Gasteiger partial charge in [0, 0.05) is 24.3 Å². The molecule has 0 bridgehead atoms. The molecule has 0 aromatic heterocycles. The summed E-state index contributed by atoms with van der Waals surface area (Å²) >= 11 is 0. The highest BCUT2D eigenvalue weighted by Gasteiger charge is 2.28. The zero-order valence-corrected chi connectivity index (χ0v) is 16.1. The highest BCUT2D eigenvalue weighted by atomic mass is 15.2. The molecular formula is C24H32N2. The van der Waals surface area contributed by atoms with Crippen molar-refractivity contribution in [3.05, 3.63) is 65.7 Å². The minimum atomic E-state index is 0.605. The topological polar surface area (TPSA) is 6.48 Å². The number of rotatable bonds is 6. The zero-order chi connectivity index (χ0) is 17.8. The summed E-state index contributed by atoms with van der Waals surface area (Å²) in [7, 11) is 0. The molecule has 2 aromatic carbocycles. The molecule has 2 heteroatoms. The maximum atomic E-state index is 2.70. The van der Waals surface area contributed by atoms with Crippen molar-refractivity contribution in [1.82, 2.24) is 4.90 Å². The Morgan fingerprint density at radius 3 is 2.31 bits per heavy atom. The number of para-hydroxylation sites is 1. The largest absolute Gasteiger partial charge is 0.368 e. The summed E-state index contributed by atoms with van der Waals surface area (Å²) in [4.78, 5) is 5.40. The molecule has 138 valence electrons. The number of benzene rings is 2. The summed E-state index contributed by atoms with van der Waals surface area (Å²) in [6, 6.07) is 21.5. The molecule has 1 atom stereocenters. The van der Waals surface area contributed by atoms with Crippen LogP contribution < -0.4 is 4.90 Å². The van der Waals surface area contributed by atoms with Crippen molar-refractivity contribution in [1.29, 1.82) is 0 Å². The molecular weight excluding hydrogens is 316 g/mol. The lowest BCUT2D eigenvalue weighted by Crippen LogP contribution is -2.43. The Morgan fingerprint density at radius 2 is 1.62 bits per heavy atom. The molecule has 2 aromatic rings. The number of piperidine rings is 1. The van der Waals surface area contributed by atoms with Crippen molar-refractivity contribution in [3.63, 3.8) is 0 Å². The smallest absolute Gasteiger partial charge is 0.0370 e. The zero-order valence-electron chi connectivity index (χ0n) is 16.1. The fourth-order valence-electron chi connectivity index (χ4n) is 4.99. The fraction of sp³-hybridized carbons (Fsp3) is 0.500. The molecule has 1 heterocycles. The van der Waals surface area contributed by atoms with E-state index in [-0.39, 0.29) is 0 Å². The number of fused-ring (bicyclic) bond motifs is 1. The van der Waals surface area contributed by atoms with Crippen LogP contribution >= 0.6 is 0 Å². The van der Waals surface area contributed by atoms with E-state index in [1.54, 1.807) is 11.1 Å². The van der Waals surface area contributed by atoms with E-state index in [1.165, 1.54) is 63.8 Å². The number of nitrogens with zero attached hydrogens (tertiary/aromatic N) is 2. The van der Waals surface area contributed by atoms with Crippen LogP contribution in [0.25, 0.3) is 0 Å². The Morgan fingerprint density at radius 1 is 0.923 bits per heavy atom. The van der Waals surface area contributed by atoms with Gasteiger partial charge < -0.3 is 9.80 Å². The van der Waals surface area contributed by atoms with E-state index in [1.807, 2.05) is 0 Å². The van der Waals surface area contributed by atoms with E-state index < -0.39 is 0 Å². The van der Waals surface area contributed by atoms with Gasteiger partial charge in [0.15, 0.2) is 0 Å². The third-order valence-electron chi connectivity index (χ3n) is 6.42. The van der Waals surface area contributed by atoms with Gasteiger partial charge in [-0.2, -0.15) is 0 Å². The van der Waals surface area contributed by atoms with Gasteiger partial charge in [0.1, 0.15) is 0 Å². The first-order valence-corrected chi connectivity index (χ1v) is 10.5. The monoisotopic (exact) mass is 348 g/mol. The highest BCUT2D eigenvalue weighted by molar-refractivity contribution is 5.49. The first kappa shape index (κ1) is 17.6. The Labute approximate surface area is 158 Å². The fourth-order valence-corrected chi connectivity index (χ4v) is 4.99. The van der Waals surface area contributed by atoms with Gasteiger partial charge in [-0.15, -0.1) is 0 Å². The number of hydrogen-bond acceptors (Lipinski definition) is 2. The molecule has 2 nitrogen and oxygen atoms in total. The summed E-state index contributed by atoms with van der Waals surface area (Å²) in [6.45, 7) is 5.98. The molecule has 1 aliphatic carbocycles. The van der Waals surface area contributed by atoms with Crippen molar-refractivity contribution >= 4 is 5.69 Å². The lowest BCUT2D eigenvalue weighted by Gasteiger charge is -2.38. The van der Waals surface area contributed by atoms with E-state index in [2.05, 4.69) is 71.3 Å². The van der Waals surface area contributed by atoms with E-state index in [4.69, 9.17) is 0 Å². The summed E-state index contributed by atoms with van der Waals surface area (Å²) in [6.07, 6.45) is 7.82. The summed E-state index contributed by atoms with van der Waals surface area (Å²) in [5, 5.41) is 0. The van der Waals surface area contributed by atoms with Crippen molar-refractivity contribution in [2.45, 2.75) is 57.5 Å². The molecule has 2 aliphatic rings. The third kappa shape index (κ3) is 3.81. The quantitative estimate of drug-likeness (QED) is 0.731. The van der Waals surface area contributed by atoms with E-state index in [0.29, 0.717) is 6.04 Å². The normalized spacial score (nSPS) is 20.9. The van der Waals surface area contributed by atoms with E-state index >= 15 is 0 Å². The average molecular weight is 349 g/mol. The van der Waals surface area contributed by atoms with Crippen LogP contribution in [0.1, 0.15) is 43.7 Å². The molecule has 1 aliphatic heterocycles. The maximum Gasteiger partial charge on any atom is 0.0370 e. The minimum Gasteiger partial charge on any atom is -0.368 e.